The number of ketones is 1. The zero-order valence-electron chi connectivity index (χ0n) is 14.5. The fraction of sp³-hybridized carbons (Fsp3) is 0.750. The zero-order chi connectivity index (χ0) is 18.0. The van der Waals surface area contributed by atoms with Gasteiger partial charge in [-0.1, -0.05) is 24.6 Å². The number of allylic oxidation sites excluding steroid dienone is 3. The molecule has 4 rings (SSSR count). The Morgan fingerprint density at radius 2 is 1.92 bits per heavy atom. The monoisotopic (exact) mass is 354 g/mol. The molecule has 0 aliphatic heterocycles. The Labute approximate surface area is 146 Å². The molecule has 0 bridgehead atoms. The summed E-state index contributed by atoms with van der Waals surface area (Å²) in [5.74, 6) is -0.0527. The van der Waals surface area contributed by atoms with Gasteiger partial charge in [-0.3, -0.25) is 4.79 Å². The molecule has 0 spiro atoms. The normalized spacial score (nSPS) is 44.2. The van der Waals surface area contributed by atoms with E-state index in [1.54, 1.807) is 0 Å². The number of aliphatic hydroxyl groups excluding tert-OH is 1. The van der Waals surface area contributed by atoms with Crippen LogP contribution in [0.25, 0.3) is 0 Å². The van der Waals surface area contributed by atoms with E-state index in [9.17, 15) is 23.1 Å². The van der Waals surface area contributed by atoms with Gasteiger partial charge in [0.1, 0.15) is 0 Å². The van der Waals surface area contributed by atoms with Gasteiger partial charge in [0.15, 0.2) is 5.78 Å². The lowest BCUT2D eigenvalue weighted by Gasteiger charge is -2.56. The summed E-state index contributed by atoms with van der Waals surface area (Å²) in [5.41, 5.74) is -0.613. The van der Waals surface area contributed by atoms with Crippen LogP contribution in [0.2, 0.25) is 0 Å². The first-order valence-corrected chi connectivity index (χ1v) is 9.41. The topological polar surface area (TPSA) is 37.3 Å². The van der Waals surface area contributed by atoms with E-state index in [2.05, 4.69) is 13.0 Å². The van der Waals surface area contributed by atoms with Gasteiger partial charge in [-0.05, 0) is 62.2 Å². The van der Waals surface area contributed by atoms with Crippen LogP contribution in [0.5, 0.6) is 0 Å². The predicted octanol–water partition coefficient (Wildman–Crippen LogP) is 4.59. The molecule has 4 aliphatic rings. The number of aliphatic hydroxyl groups is 1. The van der Waals surface area contributed by atoms with E-state index >= 15 is 0 Å². The van der Waals surface area contributed by atoms with Gasteiger partial charge in [0.25, 0.3) is 0 Å². The molecule has 0 saturated heterocycles. The van der Waals surface area contributed by atoms with Crippen molar-refractivity contribution in [1.29, 1.82) is 0 Å². The molecule has 25 heavy (non-hydrogen) atoms. The third-order valence-corrected chi connectivity index (χ3v) is 7.53. The van der Waals surface area contributed by atoms with E-state index in [0.717, 1.165) is 12.8 Å². The second kappa shape index (κ2) is 5.70. The highest BCUT2D eigenvalue weighted by Crippen LogP contribution is 2.60. The van der Waals surface area contributed by atoms with Crippen LogP contribution in [-0.2, 0) is 4.79 Å². The number of alkyl halides is 3. The van der Waals surface area contributed by atoms with Gasteiger partial charge >= 0.3 is 6.18 Å². The molecule has 2 nitrogen and oxygen atoms in total. The van der Waals surface area contributed by atoms with Gasteiger partial charge < -0.3 is 5.11 Å². The summed E-state index contributed by atoms with van der Waals surface area (Å²) in [7, 11) is 0. The van der Waals surface area contributed by atoms with Crippen molar-refractivity contribution in [3.05, 3.63) is 23.3 Å². The number of rotatable bonds is 0. The number of fused-ring (bicyclic) bond motifs is 5. The number of hydrogen-bond acceptors (Lipinski definition) is 2. The molecular formula is C20H25F3O2. The van der Waals surface area contributed by atoms with E-state index < -0.39 is 17.5 Å². The van der Waals surface area contributed by atoms with Crippen molar-refractivity contribution in [2.24, 2.45) is 29.1 Å². The summed E-state index contributed by atoms with van der Waals surface area (Å²) in [4.78, 5) is 12.0. The molecule has 2 fully saturated rings. The summed E-state index contributed by atoms with van der Waals surface area (Å²) in [6.45, 7) is 2.14. The van der Waals surface area contributed by atoms with Crippen LogP contribution in [0.15, 0.2) is 23.3 Å². The molecule has 6 atom stereocenters. The third-order valence-electron chi connectivity index (χ3n) is 7.53. The Bertz CT molecular complexity index is 648. The Morgan fingerprint density at radius 3 is 2.64 bits per heavy atom. The molecular weight excluding hydrogens is 329 g/mol. The van der Waals surface area contributed by atoms with Crippen LogP contribution in [0, 0.1) is 29.1 Å². The molecule has 0 aromatic carbocycles. The molecule has 2 saturated carbocycles. The minimum absolute atomic E-state index is 0.0205. The van der Waals surface area contributed by atoms with E-state index in [1.807, 2.05) is 6.08 Å². The standard InChI is InChI=1S/C20H25F3O2/c1-19-10-9-12-11-7-8-16(24)18(20(21,22)23)14(11)6-5-13(12)15(19)3-2-4-17(19)25/h2-3,11-13,15,17,25H,4-10H2,1H3/t11-,12-,13-,15+,17+,19+/m1/s1. The molecule has 0 aromatic rings. The average molecular weight is 354 g/mol. The first-order valence-electron chi connectivity index (χ1n) is 9.41. The summed E-state index contributed by atoms with van der Waals surface area (Å²) >= 11 is 0. The van der Waals surface area contributed by atoms with Crippen molar-refractivity contribution in [1.82, 2.24) is 0 Å². The van der Waals surface area contributed by atoms with Crippen molar-refractivity contribution in [3.8, 4) is 0 Å². The van der Waals surface area contributed by atoms with Crippen molar-refractivity contribution in [2.45, 2.75) is 64.1 Å². The molecule has 5 heteroatoms. The van der Waals surface area contributed by atoms with Crippen molar-refractivity contribution >= 4 is 5.78 Å². The van der Waals surface area contributed by atoms with Gasteiger partial charge in [-0.2, -0.15) is 13.2 Å². The quantitative estimate of drug-likeness (QED) is 0.646. The lowest BCUT2D eigenvalue weighted by molar-refractivity contribution is -0.132. The maximum absolute atomic E-state index is 13.4. The fourth-order valence-corrected chi connectivity index (χ4v) is 6.28. The summed E-state index contributed by atoms with van der Waals surface area (Å²) in [6, 6.07) is 0. The first-order chi connectivity index (χ1) is 11.7. The summed E-state index contributed by atoms with van der Waals surface area (Å²) in [6.07, 6.45) is 3.39. The van der Waals surface area contributed by atoms with Crippen molar-refractivity contribution in [2.75, 3.05) is 0 Å². The summed E-state index contributed by atoms with van der Waals surface area (Å²) < 4.78 is 40.3. The van der Waals surface area contributed by atoms with E-state index in [4.69, 9.17) is 0 Å². The zero-order valence-corrected chi connectivity index (χ0v) is 14.5. The van der Waals surface area contributed by atoms with Crippen LogP contribution in [0.4, 0.5) is 13.2 Å². The SMILES string of the molecule is C[C@]12CC[C@H]3[C@@H](CCC4=C(C(F)(F)F)C(=O)CC[C@@H]43)[C@@H]1C=CC[C@@H]2O. The third kappa shape index (κ3) is 2.53. The van der Waals surface area contributed by atoms with Crippen LogP contribution >= 0.6 is 0 Å². The molecule has 1 N–H and O–H groups in total. The Kier molecular flexibility index (Phi) is 3.95. The van der Waals surface area contributed by atoms with Gasteiger partial charge in [0.05, 0.1) is 11.7 Å². The van der Waals surface area contributed by atoms with Gasteiger partial charge in [0, 0.05) is 11.8 Å². The molecule has 0 amide bonds. The number of halogens is 3. The largest absolute Gasteiger partial charge is 0.419 e. The summed E-state index contributed by atoms with van der Waals surface area (Å²) in [5, 5.41) is 10.5. The lowest BCUT2D eigenvalue weighted by Crippen LogP contribution is -2.52. The number of carbonyl (C=O) groups is 1. The number of Topliss-reactive ketones (excluding diaryl/α,β-unsaturated/α-hetero) is 1. The maximum Gasteiger partial charge on any atom is 0.419 e. The molecule has 0 heterocycles. The molecule has 0 aromatic heterocycles. The van der Waals surface area contributed by atoms with Crippen molar-refractivity contribution < 1.29 is 23.1 Å². The van der Waals surface area contributed by atoms with Gasteiger partial charge in [0.2, 0.25) is 0 Å². The van der Waals surface area contributed by atoms with Gasteiger partial charge in [-0.25, -0.2) is 0 Å². The Balaban J connectivity index is 1.71. The molecule has 0 radical (unpaired) electrons. The molecule has 138 valence electrons. The lowest BCUT2D eigenvalue weighted by atomic mass is 9.49. The van der Waals surface area contributed by atoms with E-state index in [1.165, 1.54) is 0 Å². The van der Waals surface area contributed by atoms with Crippen LogP contribution in [-0.4, -0.2) is 23.2 Å². The number of carbonyl (C=O) groups excluding carboxylic acids is 1. The minimum Gasteiger partial charge on any atom is -0.392 e. The Hall–Kier alpha value is -1.10. The fourth-order valence-electron chi connectivity index (χ4n) is 6.28. The van der Waals surface area contributed by atoms with Crippen molar-refractivity contribution in [3.63, 3.8) is 0 Å². The second-order valence-corrected chi connectivity index (χ2v) is 8.58. The van der Waals surface area contributed by atoms with E-state index in [0.29, 0.717) is 37.2 Å². The smallest absolute Gasteiger partial charge is 0.392 e. The first kappa shape index (κ1) is 17.3. The maximum atomic E-state index is 13.4. The predicted molar refractivity (Wildman–Crippen MR) is 87.6 cm³/mol. The van der Waals surface area contributed by atoms with Crippen LogP contribution < -0.4 is 0 Å². The number of hydrogen-bond donors (Lipinski definition) is 1. The molecule has 0 unspecified atom stereocenters. The van der Waals surface area contributed by atoms with E-state index in [-0.39, 0.29) is 35.7 Å². The highest BCUT2D eigenvalue weighted by Gasteiger charge is 2.55. The average Bonchev–Trinajstić information content (AvgIpc) is 2.54. The molecule has 4 aliphatic carbocycles. The highest BCUT2D eigenvalue weighted by atomic mass is 19.4. The van der Waals surface area contributed by atoms with Crippen LogP contribution in [0.1, 0.15) is 51.9 Å². The highest BCUT2D eigenvalue weighted by molar-refractivity contribution is 5.98. The minimum atomic E-state index is -4.53. The Morgan fingerprint density at radius 1 is 1.16 bits per heavy atom. The van der Waals surface area contributed by atoms with Gasteiger partial charge in [-0.15, -0.1) is 0 Å². The second-order valence-electron chi connectivity index (χ2n) is 8.58. The van der Waals surface area contributed by atoms with Crippen LogP contribution in [0.3, 0.4) is 0 Å².